The second kappa shape index (κ2) is 7.61. The monoisotopic (exact) mass is 363 g/mol. The van der Waals surface area contributed by atoms with Crippen LogP contribution in [-0.2, 0) is 19.0 Å². The van der Waals surface area contributed by atoms with Gasteiger partial charge in [0.1, 0.15) is 0 Å². The zero-order chi connectivity index (χ0) is 19.4. The normalized spacial score (nSPS) is 11.3. The number of amides is 2. The lowest BCUT2D eigenvalue weighted by Gasteiger charge is -2.19. The highest BCUT2D eigenvalue weighted by atomic mass is 16.2. The number of aromatic nitrogens is 3. The van der Waals surface area contributed by atoms with Crippen LogP contribution >= 0.6 is 0 Å². The first kappa shape index (κ1) is 18.6. The summed E-state index contributed by atoms with van der Waals surface area (Å²) < 4.78 is 1.74. The van der Waals surface area contributed by atoms with Crippen LogP contribution in [0.3, 0.4) is 0 Å². The molecule has 0 atom stereocenters. The van der Waals surface area contributed by atoms with Crippen LogP contribution in [0, 0.1) is 0 Å². The maximum atomic E-state index is 12.1. The van der Waals surface area contributed by atoms with E-state index in [1.807, 2.05) is 49.6 Å². The first-order chi connectivity index (χ1) is 12.8. The van der Waals surface area contributed by atoms with Crippen molar-refractivity contribution in [2.24, 2.45) is 7.05 Å². The summed E-state index contributed by atoms with van der Waals surface area (Å²) in [5.41, 5.74) is 4.85. The first-order valence-electron chi connectivity index (χ1n) is 8.90. The maximum absolute atomic E-state index is 12.1. The van der Waals surface area contributed by atoms with E-state index in [9.17, 15) is 4.79 Å². The maximum Gasteiger partial charge on any atom is 0.319 e. The molecule has 0 radical (unpaired) electrons. The zero-order valence-corrected chi connectivity index (χ0v) is 16.2. The lowest BCUT2D eigenvalue weighted by Crippen LogP contribution is -2.28. The molecule has 140 valence electrons. The van der Waals surface area contributed by atoms with Gasteiger partial charge in [0.2, 0.25) is 0 Å². The van der Waals surface area contributed by atoms with E-state index in [1.54, 1.807) is 17.1 Å². The molecule has 6 nitrogen and oxygen atoms in total. The van der Waals surface area contributed by atoms with E-state index in [1.165, 1.54) is 5.56 Å². The Hall–Kier alpha value is -3.15. The number of hydrogen-bond acceptors (Lipinski definition) is 3. The number of benzene rings is 1. The van der Waals surface area contributed by atoms with E-state index in [0.717, 1.165) is 22.5 Å². The molecule has 2 amide bonds. The van der Waals surface area contributed by atoms with Gasteiger partial charge in [0.25, 0.3) is 0 Å². The molecular weight excluding hydrogens is 338 g/mol. The van der Waals surface area contributed by atoms with E-state index in [0.29, 0.717) is 6.54 Å². The van der Waals surface area contributed by atoms with E-state index in [4.69, 9.17) is 0 Å². The topological polar surface area (TPSA) is 71.8 Å². The smallest absolute Gasteiger partial charge is 0.319 e. The van der Waals surface area contributed by atoms with Crippen molar-refractivity contribution in [1.82, 2.24) is 20.1 Å². The van der Waals surface area contributed by atoms with E-state index < -0.39 is 0 Å². The number of urea groups is 1. The van der Waals surface area contributed by atoms with Gasteiger partial charge in [0.05, 0.1) is 11.9 Å². The number of rotatable bonds is 4. The number of pyridine rings is 1. The number of nitrogens with zero attached hydrogens (tertiary/aromatic N) is 3. The Morgan fingerprint density at radius 3 is 2.37 bits per heavy atom. The van der Waals surface area contributed by atoms with Gasteiger partial charge in [0, 0.05) is 37.2 Å². The summed E-state index contributed by atoms with van der Waals surface area (Å²) in [4.78, 5) is 16.5. The van der Waals surface area contributed by atoms with E-state index in [2.05, 4.69) is 41.5 Å². The van der Waals surface area contributed by atoms with Crippen molar-refractivity contribution >= 4 is 11.7 Å². The number of carbonyl (C=O) groups is 1. The predicted octanol–water partition coefficient (Wildman–Crippen LogP) is 4.10. The molecule has 3 rings (SSSR count). The van der Waals surface area contributed by atoms with Crippen molar-refractivity contribution in [2.45, 2.75) is 32.7 Å². The summed E-state index contributed by atoms with van der Waals surface area (Å²) in [6.07, 6.45) is 5.46. The van der Waals surface area contributed by atoms with Crippen molar-refractivity contribution in [3.8, 4) is 11.3 Å². The highest BCUT2D eigenvalue weighted by Crippen LogP contribution is 2.23. The molecular formula is C21H25N5O. The van der Waals surface area contributed by atoms with Crippen molar-refractivity contribution in [1.29, 1.82) is 0 Å². The number of aryl methyl sites for hydroxylation is 1. The van der Waals surface area contributed by atoms with Gasteiger partial charge in [-0.3, -0.25) is 9.67 Å². The largest absolute Gasteiger partial charge is 0.334 e. The van der Waals surface area contributed by atoms with Crippen molar-refractivity contribution in [3.63, 3.8) is 0 Å². The Balaban J connectivity index is 1.53. The standard InChI is InChI=1S/C21H25N5O/c1-21(2,3)17-6-8-18(9-7-17)25-20(27)23-12-15-5-10-19(22-11-15)16-13-24-26(4)14-16/h5-11,13-14H,12H2,1-4H3,(H2,23,25,27). The molecule has 0 spiro atoms. The summed E-state index contributed by atoms with van der Waals surface area (Å²) in [6, 6.07) is 11.6. The minimum absolute atomic E-state index is 0.0930. The summed E-state index contributed by atoms with van der Waals surface area (Å²) in [7, 11) is 1.87. The number of hydrogen-bond donors (Lipinski definition) is 2. The van der Waals surface area contributed by atoms with Gasteiger partial charge in [-0.25, -0.2) is 4.79 Å². The van der Waals surface area contributed by atoms with Gasteiger partial charge in [0.15, 0.2) is 0 Å². The Bertz CT molecular complexity index is 905. The average molecular weight is 363 g/mol. The van der Waals surface area contributed by atoms with Crippen molar-refractivity contribution < 1.29 is 4.79 Å². The van der Waals surface area contributed by atoms with E-state index >= 15 is 0 Å². The Morgan fingerprint density at radius 2 is 1.81 bits per heavy atom. The van der Waals surface area contributed by atoms with Crippen LogP contribution in [0.4, 0.5) is 10.5 Å². The number of anilines is 1. The zero-order valence-electron chi connectivity index (χ0n) is 16.2. The van der Waals surface area contributed by atoms with Crippen LogP contribution in [0.15, 0.2) is 55.0 Å². The summed E-state index contributed by atoms with van der Waals surface area (Å²) in [6.45, 7) is 6.90. The molecule has 6 heteroatoms. The molecule has 0 aliphatic carbocycles. The fraction of sp³-hybridized carbons (Fsp3) is 0.286. The lowest BCUT2D eigenvalue weighted by atomic mass is 9.87. The molecule has 2 aromatic heterocycles. The Morgan fingerprint density at radius 1 is 1.07 bits per heavy atom. The van der Waals surface area contributed by atoms with Gasteiger partial charge in [-0.2, -0.15) is 5.10 Å². The quantitative estimate of drug-likeness (QED) is 0.733. The van der Waals surface area contributed by atoms with Crippen LogP contribution in [0.1, 0.15) is 31.9 Å². The average Bonchev–Trinajstić information content (AvgIpc) is 3.06. The predicted molar refractivity (Wildman–Crippen MR) is 107 cm³/mol. The third kappa shape index (κ3) is 4.94. The van der Waals surface area contributed by atoms with Crippen LogP contribution < -0.4 is 10.6 Å². The fourth-order valence-corrected chi connectivity index (χ4v) is 2.66. The fourth-order valence-electron chi connectivity index (χ4n) is 2.66. The van der Waals surface area contributed by atoms with Crippen molar-refractivity contribution in [3.05, 3.63) is 66.1 Å². The van der Waals surface area contributed by atoms with Crippen molar-refractivity contribution in [2.75, 3.05) is 5.32 Å². The number of nitrogens with one attached hydrogen (secondary N) is 2. The van der Waals surface area contributed by atoms with Gasteiger partial charge in [-0.15, -0.1) is 0 Å². The van der Waals surface area contributed by atoms with Crippen LogP contribution in [0.5, 0.6) is 0 Å². The summed E-state index contributed by atoms with van der Waals surface area (Å²) in [5.74, 6) is 0. The molecule has 0 saturated carbocycles. The van der Waals surface area contributed by atoms with Crippen LogP contribution in [-0.4, -0.2) is 20.8 Å². The summed E-state index contributed by atoms with van der Waals surface area (Å²) in [5, 5.41) is 9.84. The van der Waals surface area contributed by atoms with Crippen LogP contribution in [0.25, 0.3) is 11.3 Å². The molecule has 1 aromatic carbocycles. The molecule has 0 aliphatic rings. The third-order valence-electron chi connectivity index (χ3n) is 4.29. The van der Waals surface area contributed by atoms with Gasteiger partial charge in [-0.1, -0.05) is 39.0 Å². The molecule has 0 fully saturated rings. The SMILES string of the molecule is Cn1cc(-c2ccc(CNC(=O)Nc3ccc(C(C)(C)C)cc3)cn2)cn1. The van der Waals surface area contributed by atoms with E-state index in [-0.39, 0.29) is 11.4 Å². The van der Waals surface area contributed by atoms with Gasteiger partial charge in [-0.05, 0) is 34.7 Å². The molecule has 27 heavy (non-hydrogen) atoms. The second-order valence-corrected chi connectivity index (χ2v) is 7.59. The molecule has 0 aliphatic heterocycles. The third-order valence-corrected chi connectivity index (χ3v) is 4.29. The highest BCUT2D eigenvalue weighted by molar-refractivity contribution is 5.89. The Labute approximate surface area is 159 Å². The molecule has 3 aromatic rings. The van der Waals surface area contributed by atoms with Gasteiger partial charge >= 0.3 is 6.03 Å². The lowest BCUT2D eigenvalue weighted by molar-refractivity contribution is 0.251. The molecule has 0 saturated heterocycles. The molecule has 2 N–H and O–H groups in total. The highest BCUT2D eigenvalue weighted by Gasteiger charge is 2.13. The minimum Gasteiger partial charge on any atom is -0.334 e. The second-order valence-electron chi connectivity index (χ2n) is 7.59. The number of carbonyl (C=O) groups excluding carboxylic acids is 1. The Kier molecular flexibility index (Phi) is 5.26. The molecule has 2 heterocycles. The minimum atomic E-state index is -0.241. The van der Waals surface area contributed by atoms with Crippen LogP contribution in [0.2, 0.25) is 0 Å². The van der Waals surface area contributed by atoms with Gasteiger partial charge < -0.3 is 10.6 Å². The summed E-state index contributed by atoms with van der Waals surface area (Å²) >= 11 is 0. The first-order valence-corrected chi connectivity index (χ1v) is 8.90. The molecule has 0 unspecified atom stereocenters. The molecule has 0 bridgehead atoms.